The fourth-order valence-electron chi connectivity index (χ4n) is 4.03. The Hall–Kier alpha value is -3.66. The van der Waals surface area contributed by atoms with Gasteiger partial charge in [0.25, 0.3) is 10.0 Å². The molecular weight excluding hydrogens is 523 g/mol. The Morgan fingerprint density at radius 3 is 2.46 bits per heavy atom. The highest BCUT2D eigenvalue weighted by Crippen LogP contribution is 2.33. The second-order valence-corrected chi connectivity index (χ2v) is 12.6. The molecule has 3 aromatic rings. The van der Waals surface area contributed by atoms with Gasteiger partial charge in [0.05, 0.1) is 17.1 Å². The zero-order valence-corrected chi connectivity index (χ0v) is 23.3. The minimum absolute atomic E-state index is 0.0308. The summed E-state index contributed by atoms with van der Waals surface area (Å²) in [5, 5.41) is 0. The van der Waals surface area contributed by atoms with Gasteiger partial charge in [-0.1, -0.05) is 18.2 Å². The maximum atomic E-state index is 14.8. The number of nitrogens with zero attached hydrogens (tertiary/aromatic N) is 2. The van der Waals surface area contributed by atoms with Crippen molar-refractivity contribution >= 4 is 21.9 Å². The van der Waals surface area contributed by atoms with Gasteiger partial charge in [0.15, 0.2) is 5.78 Å². The van der Waals surface area contributed by atoms with Crippen LogP contribution in [-0.2, 0) is 26.1 Å². The van der Waals surface area contributed by atoms with E-state index in [9.17, 15) is 22.4 Å². The molecule has 1 aliphatic carbocycles. The van der Waals surface area contributed by atoms with Crippen molar-refractivity contribution in [3.63, 3.8) is 0 Å². The van der Waals surface area contributed by atoms with Gasteiger partial charge in [-0.2, -0.15) is 0 Å². The number of halogens is 1. The van der Waals surface area contributed by atoms with Crippen LogP contribution in [0.1, 0.15) is 45.6 Å². The van der Waals surface area contributed by atoms with Crippen LogP contribution in [0.4, 0.5) is 9.18 Å². The van der Waals surface area contributed by atoms with E-state index < -0.39 is 27.5 Å². The summed E-state index contributed by atoms with van der Waals surface area (Å²) in [5.41, 5.74) is -0.0469. The van der Waals surface area contributed by atoms with Gasteiger partial charge in [0, 0.05) is 31.3 Å². The molecule has 39 heavy (non-hydrogen) atoms. The molecule has 0 saturated heterocycles. The lowest BCUT2D eigenvalue weighted by atomic mass is 10.1. The van der Waals surface area contributed by atoms with Gasteiger partial charge in [-0.25, -0.2) is 21.6 Å². The Kier molecular flexibility index (Phi) is 8.15. The van der Waals surface area contributed by atoms with E-state index in [1.54, 1.807) is 32.9 Å². The fraction of sp³-hybridized carbons (Fsp3) is 0.379. The Bertz CT molecular complexity index is 1470. The van der Waals surface area contributed by atoms with Gasteiger partial charge in [0.1, 0.15) is 23.8 Å². The highest BCUT2D eigenvalue weighted by atomic mass is 32.2. The molecule has 1 saturated carbocycles. The van der Waals surface area contributed by atoms with Gasteiger partial charge in [0.2, 0.25) is 0 Å². The number of rotatable bonds is 10. The van der Waals surface area contributed by atoms with Crippen molar-refractivity contribution in [2.45, 2.75) is 57.1 Å². The van der Waals surface area contributed by atoms with Crippen LogP contribution in [0.25, 0.3) is 11.3 Å². The molecule has 1 heterocycles. The van der Waals surface area contributed by atoms with E-state index in [4.69, 9.17) is 9.47 Å². The van der Waals surface area contributed by atoms with Crippen molar-refractivity contribution in [3.05, 3.63) is 72.2 Å². The van der Waals surface area contributed by atoms with Crippen molar-refractivity contribution < 1.29 is 31.9 Å². The van der Waals surface area contributed by atoms with E-state index in [0.717, 1.165) is 16.8 Å². The lowest BCUT2D eigenvalue weighted by molar-refractivity contribution is -0.121. The summed E-state index contributed by atoms with van der Waals surface area (Å²) < 4.78 is 54.4. The number of carbonyl (C=O) groups is 2. The SMILES string of the molecule is CN(Cc1cc(-c2ccccc2F)n(S(=O)(=O)c2cccc(OCC(=O)CC3CC3)c2)c1)C(=O)OC(C)(C)C. The third-order valence-electron chi connectivity index (χ3n) is 6.09. The molecule has 4 rings (SSSR count). The van der Waals surface area contributed by atoms with Gasteiger partial charge >= 0.3 is 6.09 Å². The number of hydrogen-bond donors (Lipinski definition) is 0. The van der Waals surface area contributed by atoms with Crippen molar-refractivity contribution in [1.29, 1.82) is 0 Å². The normalized spacial score (nSPS) is 13.7. The largest absolute Gasteiger partial charge is 0.486 e. The van der Waals surface area contributed by atoms with Crippen LogP contribution in [0, 0.1) is 11.7 Å². The van der Waals surface area contributed by atoms with E-state index in [1.165, 1.54) is 60.6 Å². The summed E-state index contributed by atoms with van der Waals surface area (Å²) in [4.78, 5) is 25.8. The Morgan fingerprint density at radius 1 is 1.08 bits per heavy atom. The fourth-order valence-corrected chi connectivity index (χ4v) is 5.46. The molecule has 1 aliphatic rings. The van der Waals surface area contributed by atoms with Crippen LogP contribution in [0.5, 0.6) is 5.75 Å². The van der Waals surface area contributed by atoms with Gasteiger partial charge in [-0.05, 0) is 75.4 Å². The molecule has 0 unspecified atom stereocenters. The molecule has 8 nitrogen and oxygen atoms in total. The molecule has 2 aromatic carbocycles. The summed E-state index contributed by atoms with van der Waals surface area (Å²) in [5.74, 6) is 0.0498. The summed E-state index contributed by atoms with van der Waals surface area (Å²) in [6.45, 7) is 5.15. The van der Waals surface area contributed by atoms with Crippen molar-refractivity contribution in [1.82, 2.24) is 8.87 Å². The Labute approximate surface area is 228 Å². The third-order valence-corrected chi connectivity index (χ3v) is 7.76. The van der Waals surface area contributed by atoms with Crippen LogP contribution < -0.4 is 4.74 Å². The highest BCUT2D eigenvalue weighted by molar-refractivity contribution is 7.90. The lowest BCUT2D eigenvalue weighted by Gasteiger charge is -2.24. The topological polar surface area (TPSA) is 94.9 Å². The van der Waals surface area contributed by atoms with Crippen LogP contribution in [-0.4, -0.2) is 48.4 Å². The third kappa shape index (κ3) is 7.26. The number of hydrogen-bond acceptors (Lipinski definition) is 6. The molecule has 1 amide bonds. The molecule has 10 heteroatoms. The maximum absolute atomic E-state index is 14.8. The van der Waals surface area contributed by atoms with Crippen molar-refractivity contribution in [2.75, 3.05) is 13.7 Å². The van der Waals surface area contributed by atoms with Crippen LogP contribution in [0.2, 0.25) is 0 Å². The van der Waals surface area contributed by atoms with Gasteiger partial charge in [-0.15, -0.1) is 0 Å². The molecule has 0 aliphatic heterocycles. The number of Topliss-reactive ketones (excluding diaryl/α,β-unsaturated/α-hetero) is 1. The molecule has 0 bridgehead atoms. The smallest absolute Gasteiger partial charge is 0.410 e. The van der Waals surface area contributed by atoms with Crippen LogP contribution in [0.3, 0.4) is 0 Å². The minimum atomic E-state index is -4.22. The number of carbonyl (C=O) groups excluding carboxylic acids is 2. The quantitative estimate of drug-likeness (QED) is 0.321. The molecule has 0 radical (unpaired) electrons. The monoisotopic (exact) mass is 556 g/mol. The number of benzene rings is 2. The van der Waals surface area contributed by atoms with E-state index in [2.05, 4.69) is 0 Å². The first-order valence-corrected chi connectivity index (χ1v) is 14.2. The number of ketones is 1. The summed E-state index contributed by atoms with van der Waals surface area (Å²) in [7, 11) is -2.68. The molecule has 0 atom stereocenters. The number of aromatic nitrogens is 1. The standard InChI is InChI=1S/C29H33FN2O6S/c1-29(2,3)38-28(34)31(4)17-21-15-27(25-10-5-6-11-26(25)30)32(18-21)39(35,36)24-9-7-8-23(16-24)37-19-22(33)14-20-12-13-20/h5-11,15-16,18,20H,12-14,17,19H2,1-4H3. The van der Waals surface area contributed by atoms with Crippen molar-refractivity contribution in [2.24, 2.45) is 5.92 Å². The first-order valence-electron chi connectivity index (χ1n) is 12.7. The molecule has 1 fully saturated rings. The minimum Gasteiger partial charge on any atom is -0.486 e. The predicted octanol–water partition coefficient (Wildman–Crippen LogP) is 5.65. The van der Waals surface area contributed by atoms with E-state index >= 15 is 0 Å². The second kappa shape index (κ2) is 11.2. The zero-order valence-electron chi connectivity index (χ0n) is 22.5. The van der Waals surface area contributed by atoms with Gasteiger partial charge in [-0.3, -0.25) is 4.79 Å². The zero-order chi connectivity index (χ0) is 28.4. The first kappa shape index (κ1) is 28.4. The Morgan fingerprint density at radius 2 is 1.79 bits per heavy atom. The summed E-state index contributed by atoms with van der Waals surface area (Å²) >= 11 is 0. The van der Waals surface area contributed by atoms with Crippen LogP contribution >= 0.6 is 0 Å². The number of ether oxygens (including phenoxy) is 2. The summed E-state index contributed by atoms with van der Waals surface area (Å²) in [6, 6.07) is 13.3. The van der Waals surface area contributed by atoms with Gasteiger partial charge < -0.3 is 14.4 Å². The summed E-state index contributed by atoms with van der Waals surface area (Å²) in [6.07, 6.45) is 3.36. The predicted molar refractivity (Wildman–Crippen MR) is 144 cm³/mol. The Balaban J connectivity index is 1.65. The molecule has 1 aromatic heterocycles. The number of amides is 1. The lowest BCUT2D eigenvalue weighted by Crippen LogP contribution is -2.33. The highest BCUT2D eigenvalue weighted by Gasteiger charge is 2.27. The average Bonchev–Trinajstić information content (AvgIpc) is 3.58. The first-order chi connectivity index (χ1) is 18.3. The average molecular weight is 557 g/mol. The van der Waals surface area contributed by atoms with E-state index in [0.29, 0.717) is 17.9 Å². The van der Waals surface area contributed by atoms with Crippen LogP contribution in [0.15, 0.2) is 65.7 Å². The maximum Gasteiger partial charge on any atom is 0.410 e. The second-order valence-electron chi connectivity index (χ2n) is 10.8. The van der Waals surface area contributed by atoms with E-state index in [1.807, 2.05) is 0 Å². The molecule has 0 spiro atoms. The molecular formula is C29H33FN2O6S. The van der Waals surface area contributed by atoms with Crippen molar-refractivity contribution in [3.8, 4) is 17.0 Å². The molecule has 208 valence electrons. The molecule has 0 N–H and O–H groups in total. The van der Waals surface area contributed by atoms with E-state index in [-0.39, 0.29) is 40.8 Å².